The van der Waals surface area contributed by atoms with Crippen molar-refractivity contribution < 1.29 is 0 Å². The lowest BCUT2D eigenvalue weighted by Gasteiger charge is -1.72. The van der Waals surface area contributed by atoms with E-state index in [1.54, 1.807) is 6.21 Å². The van der Waals surface area contributed by atoms with Crippen molar-refractivity contribution in [3.8, 4) is 0 Å². The molecule has 0 atom stereocenters. The Labute approximate surface area is 42.1 Å². The third-order valence-electron chi connectivity index (χ3n) is 0.318. The highest BCUT2D eigenvalue weighted by Crippen LogP contribution is 1.83. The van der Waals surface area contributed by atoms with E-state index in [4.69, 9.17) is 5.14 Å². The lowest BCUT2D eigenvalue weighted by Crippen LogP contribution is -1.70. The molecule has 0 aromatic carbocycles. The Kier molecular flexibility index (Phi) is 4.96. The fourth-order valence-electron chi connectivity index (χ4n) is 0.118. The van der Waals surface area contributed by atoms with Crippen molar-refractivity contribution >= 4 is 18.3 Å². The molecule has 0 aromatic heterocycles. The van der Waals surface area contributed by atoms with Crippen LogP contribution in [0.2, 0.25) is 0 Å². The summed E-state index contributed by atoms with van der Waals surface area (Å²) in [6.07, 6.45) is 2.73. The Hall–Kier alpha value is -0.0200. The molecule has 6 heavy (non-hydrogen) atoms. The SMILES string of the molecule is CCC=NSN. The standard InChI is InChI=1S/C3H8N2S/c1-2-3-5-6-4/h3H,2,4H2,1H3. The first kappa shape index (κ1) is 5.98. The van der Waals surface area contributed by atoms with Gasteiger partial charge in [0.25, 0.3) is 0 Å². The Morgan fingerprint density at radius 3 is 2.83 bits per heavy atom. The number of hydrogen-bond donors (Lipinski definition) is 1. The van der Waals surface area contributed by atoms with E-state index in [1.165, 1.54) is 0 Å². The summed E-state index contributed by atoms with van der Waals surface area (Å²) in [4.78, 5) is 0. The molecule has 0 heterocycles. The van der Waals surface area contributed by atoms with Gasteiger partial charge in [0, 0.05) is 6.21 Å². The third-order valence-corrected chi connectivity index (χ3v) is 0.589. The largest absolute Gasteiger partial charge is 0.258 e. The minimum absolute atomic E-state index is 0.962. The molecule has 0 aliphatic rings. The molecule has 0 radical (unpaired) electrons. The molecule has 2 N–H and O–H groups in total. The van der Waals surface area contributed by atoms with Crippen LogP contribution < -0.4 is 5.14 Å². The van der Waals surface area contributed by atoms with Crippen molar-refractivity contribution in [2.45, 2.75) is 13.3 Å². The summed E-state index contributed by atoms with van der Waals surface area (Å²) in [5, 5.41) is 4.93. The predicted molar refractivity (Wildman–Crippen MR) is 30.6 cm³/mol. The molecule has 0 amide bonds. The van der Waals surface area contributed by atoms with Gasteiger partial charge in [-0.05, 0) is 6.42 Å². The van der Waals surface area contributed by atoms with Gasteiger partial charge >= 0.3 is 0 Å². The first-order valence-corrected chi connectivity index (χ1v) is 2.63. The average Bonchev–Trinajstić information content (AvgIpc) is 1.61. The highest BCUT2D eigenvalue weighted by Gasteiger charge is 1.60. The van der Waals surface area contributed by atoms with E-state index in [-0.39, 0.29) is 0 Å². The molecule has 0 fully saturated rings. The summed E-state index contributed by atoms with van der Waals surface area (Å²) < 4.78 is 3.66. The van der Waals surface area contributed by atoms with Crippen molar-refractivity contribution in [3.63, 3.8) is 0 Å². The van der Waals surface area contributed by atoms with Crippen LogP contribution in [0.4, 0.5) is 0 Å². The monoisotopic (exact) mass is 104 g/mol. The second kappa shape index (κ2) is 4.98. The van der Waals surface area contributed by atoms with Crippen molar-refractivity contribution in [1.82, 2.24) is 0 Å². The molecule has 3 heteroatoms. The Morgan fingerprint density at radius 2 is 2.67 bits per heavy atom. The topological polar surface area (TPSA) is 38.4 Å². The van der Waals surface area contributed by atoms with Gasteiger partial charge < -0.3 is 0 Å². The normalized spacial score (nSPS) is 10.3. The molecule has 0 saturated heterocycles. The fourth-order valence-corrected chi connectivity index (χ4v) is 0.353. The Morgan fingerprint density at radius 1 is 2.00 bits per heavy atom. The van der Waals surface area contributed by atoms with E-state index in [1.807, 2.05) is 6.92 Å². The van der Waals surface area contributed by atoms with E-state index in [0.717, 1.165) is 18.6 Å². The zero-order valence-electron chi connectivity index (χ0n) is 3.72. The van der Waals surface area contributed by atoms with Crippen LogP contribution in [-0.4, -0.2) is 6.21 Å². The molecule has 0 spiro atoms. The molecular weight excluding hydrogens is 96.1 g/mol. The number of nitrogens with two attached hydrogens (primary N) is 1. The van der Waals surface area contributed by atoms with Crippen LogP contribution >= 0.6 is 12.1 Å². The molecule has 0 bridgehead atoms. The van der Waals surface area contributed by atoms with Gasteiger partial charge in [-0.3, -0.25) is 5.14 Å². The zero-order chi connectivity index (χ0) is 4.83. The lowest BCUT2D eigenvalue weighted by atomic mass is 10.6. The Balaban J connectivity index is 2.73. The quantitative estimate of drug-likeness (QED) is 0.419. The molecular formula is C3H8N2S. The summed E-state index contributed by atoms with van der Waals surface area (Å²) in [6, 6.07) is 0. The third kappa shape index (κ3) is 3.98. The Bertz CT molecular complexity index is 38.1. The van der Waals surface area contributed by atoms with Crippen LogP contribution in [0.1, 0.15) is 13.3 Å². The van der Waals surface area contributed by atoms with Gasteiger partial charge in [0.2, 0.25) is 0 Å². The smallest absolute Gasteiger partial charge is 0.0552 e. The summed E-state index contributed by atoms with van der Waals surface area (Å²) in [5.74, 6) is 0. The maximum Gasteiger partial charge on any atom is 0.0552 e. The zero-order valence-corrected chi connectivity index (χ0v) is 4.53. The predicted octanol–water partition coefficient (Wildman–Crippen LogP) is 0.989. The van der Waals surface area contributed by atoms with E-state index < -0.39 is 0 Å². The second-order valence-corrected chi connectivity index (χ2v) is 1.22. The lowest BCUT2D eigenvalue weighted by molar-refractivity contribution is 1.33. The van der Waals surface area contributed by atoms with Crippen LogP contribution in [-0.2, 0) is 0 Å². The summed E-state index contributed by atoms with van der Waals surface area (Å²) in [7, 11) is 0. The molecule has 0 aliphatic carbocycles. The van der Waals surface area contributed by atoms with Crippen molar-refractivity contribution in [1.29, 1.82) is 0 Å². The molecule has 0 saturated carbocycles. The molecule has 2 nitrogen and oxygen atoms in total. The van der Waals surface area contributed by atoms with Crippen molar-refractivity contribution in [2.75, 3.05) is 0 Å². The summed E-state index contributed by atoms with van der Waals surface area (Å²) in [5.41, 5.74) is 0. The van der Waals surface area contributed by atoms with E-state index >= 15 is 0 Å². The number of rotatable bonds is 2. The van der Waals surface area contributed by atoms with Crippen molar-refractivity contribution in [2.24, 2.45) is 9.54 Å². The maximum absolute atomic E-state index is 4.93. The first-order chi connectivity index (χ1) is 2.91. The van der Waals surface area contributed by atoms with E-state index in [9.17, 15) is 0 Å². The van der Waals surface area contributed by atoms with E-state index in [2.05, 4.69) is 4.40 Å². The van der Waals surface area contributed by atoms with Crippen LogP contribution in [0.15, 0.2) is 4.40 Å². The molecule has 0 unspecified atom stereocenters. The van der Waals surface area contributed by atoms with E-state index in [0.29, 0.717) is 0 Å². The first-order valence-electron chi connectivity index (χ1n) is 1.79. The van der Waals surface area contributed by atoms with Crippen LogP contribution in [0.25, 0.3) is 0 Å². The second-order valence-electron chi connectivity index (χ2n) is 0.802. The van der Waals surface area contributed by atoms with Gasteiger partial charge in [-0.25, -0.2) is 4.40 Å². The minimum atomic E-state index is 0.962. The number of nitrogens with zero attached hydrogens (tertiary/aromatic N) is 1. The highest BCUT2D eigenvalue weighted by molar-refractivity contribution is 7.95. The van der Waals surface area contributed by atoms with Crippen LogP contribution in [0, 0.1) is 0 Å². The molecule has 0 rings (SSSR count). The average molecular weight is 104 g/mol. The van der Waals surface area contributed by atoms with Crippen LogP contribution in [0.5, 0.6) is 0 Å². The maximum atomic E-state index is 4.93. The van der Waals surface area contributed by atoms with Gasteiger partial charge in [-0.1, -0.05) is 6.92 Å². The van der Waals surface area contributed by atoms with Gasteiger partial charge in [-0.2, -0.15) is 0 Å². The van der Waals surface area contributed by atoms with Gasteiger partial charge in [0.1, 0.15) is 0 Å². The molecule has 36 valence electrons. The van der Waals surface area contributed by atoms with Gasteiger partial charge in [0.15, 0.2) is 0 Å². The highest BCUT2D eigenvalue weighted by atomic mass is 32.2. The van der Waals surface area contributed by atoms with Crippen molar-refractivity contribution in [3.05, 3.63) is 0 Å². The molecule has 0 aliphatic heterocycles. The minimum Gasteiger partial charge on any atom is -0.258 e. The van der Waals surface area contributed by atoms with Gasteiger partial charge in [0.05, 0.1) is 12.1 Å². The fraction of sp³-hybridized carbons (Fsp3) is 0.667. The number of hydrogen-bond acceptors (Lipinski definition) is 3. The van der Waals surface area contributed by atoms with Crippen LogP contribution in [0.3, 0.4) is 0 Å². The summed E-state index contributed by atoms with van der Waals surface area (Å²) >= 11 is 0.996. The summed E-state index contributed by atoms with van der Waals surface area (Å²) in [6.45, 7) is 2.01. The molecule has 0 aromatic rings. The van der Waals surface area contributed by atoms with Gasteiger partial charge in [-0.15, -0.1) is 0 Å².